The van der Waals surface area contributed by atoms with E-state index in [2.05, 4.69) is 5.32 Å². The Labute approximate surface area is 183 Å². The lowest BCUT2D eigenvalue weighted by molar-refractivity contribution is -0.169. The fraction of sp³-hybridized carbons (Fsp3) is 0.273. The number of β-lactam (4-membered cyclic amide) rings is 1. The van der Waals surface area contributed by atoms with Crippen LogP contribution in [0, 0.1) is 0 Å². The van der Waals surface area contributed by atoms with Crippen LogP contribution in [0.3, 0.4) is 0 Å². The largest absolute Gasteiger partial charge is 0.458 e. The summed E-state index contributed by atoms with van der Waals surface area (Å²) in [5.74, 6) is -1.99. The van der Waals surface area contributed by atoms with E-state index in [-0.39, 0.29) is 29.6 Å². The molecule has 2 saturated heterocycles. The molecule has 2 unspecified atom stereocenters. The van der Waals surface area contributed by atoms with Crippen LogP contribution in [-0.4, -0.2) is 58.3 Å². The predicted octanol–water partition coefficient (Wildman–Crippen LogP) is 1.58. The van der Waals surface area contributed by atoms with Crippen LogP contribution in [0.25, 0.3) is 0 Å². The topological polar surface area (TPSA) is 96.0 Å². The highest BCUT2D eigenvalue weighted by molar-refractivity contribution is 6.33. The molecular formula is C22H20ClN3O5. The van der Waals surface area contributed by atoms with E-state index in [1.807, 2.05) is 30.3 Å². The molecular weight excluding hydrogens is 422 g/mol. The first-order valence-electron chi connectivity index (χ1n) is 9.74. The van der Waals surface area contributed by atoms with E-state index in [1.165, 1.54) is 16.7 Å². The Bertz CT molecular complexity index is 1040. The van der Waals surface area contributed by atoms with Gasteiger partial charge in [0.15, 0.2) is 0 Å². The van der Waals surface area contributed by atoms with Gasteiger partial charge in [0.05, 0.1) is 16.6 Å². The summed E-state index contributed by atoms with van der Waals surface area (Å²) in [4.78, 5) is 52.8. The van der Waals surface area contributed by atoms with Crippen molar-refractivity contribution in [3.05, 3.63) is 70.7 Å². The van der Waals surface area contributed by atoms with Crippen LogP contribution in [0.4, 0.5) is 0 Å². The molecule has 0 spiro atoms. The number of nitrogens with one attached hydrogen (secondary N) is 1. The van der Waals surface area contributed by atoms with Gasteiger partial charge in [0.1, 0.15) is 12.6 Å². The van der Waals surface area contributed by atoms with Crippen molar-refractivity contribution in [3.8, 4) is 0 Å². The number of carbonyl (C=O) groups excluding carboxylic acids is 4. The molecule has 0 radical (unpaired) electrons. The Morgan fingerprint density at radius 2 is 1.77 bits per heavy atom. The highest BCUT2D eigenvalue weighted by Gasteiger charge is 2.61. The molecule has 9 heteroatoms. The second kappa shape index (κ2) is 8.39. The molecule has 3 amide bonds. The fourth-order valence-electron chi connectivity index (χ4n) is 3.88. The monoisotopic (exact) mass is 441 g/mol. The number of rotatable bonds is 5. The number of hydrogen-bond donors (Lipinski definition) is 1. The second-order valence-electron chi connectivity index (χ2n) is 7.38. The Morgan fingerprint density at radius 1 is 1.10 bits per heavy atom. The van der Waals surface area contributed by atoms with Gasteiger partial charge in [-0.2, -0.15) is 0 Å². The smallest absolute Gasteiger partial charge is 0.350 e. The number of halogens is 1. The van der Waals surface area contributed by atoms with E-state index >= 15 is 0 Å². The number of esters is 1. The molecule has 2 aliphatic heterocycles. The van der Waals surface area contributed by atoms with Crippen molar-refractivity contribution in [3.63, 3.8) is 0 Å². The summed E-state index contributed by atoms with van der Waals surface area (Å²) in [7, 11) is 0. The predicted molar refractivity (Wildman–Crippen MR) is 111 cm³/mol. The van der Waals surface area contributed by atoms with Gasteiger partial charge in [0.2, 0.25) is 18.0 Å². The van der Waals surface area contributed by atoms with Crippen molar-refractivity contribution in [1.82, 2.24) is 15.1 Å². The number of benzene rings is 2. The summed E-state index contributed by atoms with van der Waals surface area (Å²) in [6.45, 7) is 1.48. The third-order valence-corrected chi connectivity index (χ3v) is 5.78. The van der Waals surface area contributed by atoms with Gasteiger partial charge in [-0.25, -0.2) is 4.79 Å². The van der Waals surface area contributed by atoms with E-state index in [1.54, 1.807) is 24.3 Å². The SMILES string of the molecule is CC(=O)N1CC2[C@@H](NC(=O)c3ccccc3Cl)C(=O)N2C1C(=O)OCc1ccccc1. The molecule has 2 fully saturated rings. The average Bonchev–Trinajstić information content (AvgIpc) is 3.13. The Kier molecular flexibility index (Phi) is 5.65. The number of amides is 3. The highest BCUT2D eigenvalue weighted by Crippen LogP contribution is 2.33. The van der Waals surface area contributed by atoms with Crippen molar-refractivity contribution >= 4 is 35.3 Å². The van der Waals surface area contributed by atoms with Crippen molar-refractivity contribution in [2.75, 3.05) is 6.54 Å². The quantitative estimate of drug-likeness (QED) is 0.561. The third-order valence-electron chi connectivity index (χ3n) is 5.45. The molecule has 8 nitrogen and oxygen atoms in total. The van der Waals surface area contributed by atoms with Crippen LogP contribution < -0.4 is 5.32 Å². The molecule has 31 heavy (non-hydrogen) atoms. The Morgan fingerprint density at radius 3 is 2.45 bits per heavy atom. The number of nitrogens with zero attached hydrogens (tertiary/aromatic N) is 2. The third kappa shape index (κ3) is 3.86. The summed E-state index contributed by atoms with van der Waals surface area (Å²) >= 11 is 6.06. The number of hydrogen-bond acceptors (Lipinski definition) is 5. The van der Waals surface area contributed by atoms with E-state index in [4.69, 9.17) is 16.3 Å². The summed E-state index contributed by atoms with van der Waals surface area (Å²) in [5, 5.41) is 2.93. The number of ether oxygens (including phenoxy) is 1. The number of carbonyl (C=O) groups is 4. The zero-order chi connectivity index (χ0) is 22.1. The molecule has 2 aromatic carbocycles. The van der Waals surface area contributed by atoms with Gasteiger partial charge >= 0.3 is 5.97 Å². The molecule has 4 rings (SSSR count). The fourth-order valence-corrected chi connectivity index (χ4v) is 4.10. The minimum Gasteiger partial charge on any atom is -0.458 e. The minimum atomic E-state index is -1.15. The molecule has 160 valence electrons. The molecule has 0 saturated carbocycles. The minimum absolute atomic E-state index is 0.0291. The molecule has 1 N–H and O–H groups in total. The molecule has 2 heterocycles. The van der Waals surface area contributed by atoms with Crippen LogP contribution in [0.1, 0.15) is 22.8 Å². The van der Waals surface area contributed by atoms with Crippen LogP contribution in [0.2, 0.25) is 5.02 Å². The van der Waals surface area contributed by atoms with E-state index < -0.39 is 36.0 Å². The number of fused-ring (bicyclic) bond motifs is 1. The maximum Gasteiger partial charge on any atom is 0.350 e. The van der Waals surface area contributed by atoms with Crippen molar-refractivity contribution in [2.45, 2.75) is 31.8 Å². The van der Waals surface area contributed by atoms with Crippen LogP contribution in [0.5, 0.6) is 0 Å². The lowest BCUT2D eigenvalue weighted by atomic mass is 9.96. The highest BCUT2D eigenvalue weighted by atomic mass is 35.5. The second-order valence-corrected chi connectivity index (χ2v) is 7.79. The molecule has 3 atom stereocenters. The molecule has 0 aromatic heterocycles. The maximum atomic E-state index is 12.8. The first kappa shape index (κ1) is 20.9. The molecule has 2 aliphatic rings. The lowest BCUT2D eigenvalue weighted by Crippen LogP contribution is -2.71. The molecule has 2 aromatic rings. The standard InChI is InChI=1S/C22H20ClN3O5/c1-13(27)25-11-17-18(24-19(28)15-9-5-6-10-16(15)23)21(29)26(17)20(25)22(30)31-12-14-7-3-2-4-8-14/h2-10,17-18,20H,11-12H2,1H3,(H,24,28)/t17?,18-,20?/m1/s1. The van der Waals surface area contributed by atoms with Crippen molar-refractivity contribution < 1.29 is 23.9 Å². The van der Waals surface area contributed by atoms with Crippen molar-refractivity contribution in [1.29, 1.82) is 0 Å². The zero-order valence-electron chi connectivity index (χ0n) is 16.7. The normalized spacial score (nSPS) is 21.9. The van der Waals surface area contributed by atoms with E-state index in [0.29, 0.717) is 0 Å². The average molecular weight is 442 g/mol. The Balaban J connectivity index is 1.46. The van der Waals surface area contributed by atoms with Gasteiger partial charge in [0.25, 0.3) is 5.91 Å². The van der Waals surface area contributed by atoms with Gasteiger partial charge in [0, 0.05) is 13.5 Å². The van der Waals surface area contributed by atoms with Gasteiger partial charge in [-0.3, -0.25) is 14.4 Å². The van der Waals surface area contributed by atoms with Crippen LogP contribution >= 0.6 is 11.6 Å². The van der Waals surface area contributed by atoms with Gasteiger partial charge in [-0.15, -0.1) is 0 Å². The van der Waals surface area contributed by atoms with Gasteiger partial charge in [-0.05, 0) is 17.7 Å². The zero-order valence-corrected chi connectivity index (χ0v) is 17.4. The summed E-state index contributed by atoms with van der Waals surface area (Å²) in [5.41, 5.74) is 1.04. The summed E-state index contributed by atoms with van der Waals surface area (Å²) in [6.07, 6.45) is -1.15. The molecule has 0 aliphatic carbocycles. The van der Waals surface area contributed by atoms with Gasteiger partial charge < -0.3 is 19.9 Å². The van der Waals surface area contributed by atoms with Crippen LogP contribution in [-0.2, 0) is 25.7 Å². The maximum absolute atomic E-state index is 12.8. The van der Waals surface area contributed by atoms with E-state index in [0.717, 1.165) is 5.56 Å². The summed E-state index contributed by atoms with van der Waals surface area (Å²) < 4.78 is 5.36. The summed E-state index contributed by atoms with van der Waals surface area (Å²) in [6, 6.07) is 14.2. The van der Waals surface area contributed by atoms with Gasteiger partial charge in [-0.1, -0.05) is 54.1 Å². The van der Waals surface area contributed by atoms with Crippen LogP contribution in [0.15, 0.2) is 54.6 Å². The van der Waals surface area contributed by atoms with E-state index in [9.17, 15) is 19.2 Å². The van der Waals surface area contributed by atoms with Crippen molar-refractivity contribution in [2.24, 2.45) is 0 Å². The first-order chi connectivity index (χ1) is 14.9. The lowest BCUT2D eigenvalue weighted by Gasteiger charge is -2.43. The first-order valence-corrected chi connectivity index (χ1v) is 10.1. The molecule has 0 bridgehead atoms. The Hall–Kier alpha value is -3.39.